The van der Waals surface area contributed by atoms with Crippen molar-refractivity contribution < 1.29 is 53.1 Å². The molecule has 0 N–H and O–H groups in total. The molecule has 0 bridgehead atoms. The van der Waals surface area contributed by atoms with Gasteiger partial charge in [0.1, 0.15) is 0 Å². The van der Waals surface area contributed by atoms with Gasteiger partial charge in [-0.2, -0.15) is 0 Å². The van der Waals surface area contributed by atoms with Gasteiger partial charge in [0.05, 0.1) is 15.6 Å². The zero-order valence-corrected chi connectivity index (χ0v) is 7.78. The number of hydrogen-bond donors (Lipinski definition) is 0. The van der Waals surface area contributed by atoms with Crippen molar-refractivity contribution in [3.8, 4) is 0 Å². The average Bonchev–Trinajstić information content (AvgIpc) is 1.14. The van der Waals surface area contributed by atoms with Gasteiger partial charge in [-0.15, -0.1) is 0 Å². The molecule has 0 rings (SSSR count). The summed E-state index contributed by atoms with van der Waals surface area (Å²) in [5.74, 6) is 0. The van der Waals surface area contributed by atoms with Crippen LogP contribution in [0.2, 0.25) is 0 Å². The Morgan fingerprint density at radius 3 is 1.10 bits per heavy atom. The van der Waals surface area contributed by atoms with E-state index in [9.17, 15) is 28.7 Å². The van der Waals surface area contributed by atoms with Crippen molar-refractivity contribution in [1.29, 1.82) is 0 Å². The van der Waals surface area contributed by atoms with Crippen molar-refractivity contribution in [2.45, 2.75) is 0 Å². The van der Waals surface area contributed by atoms with Gasteiger partial charge in [-0.05, 0) is 0 Å². The van der Waals surface area contributed by atoms with E-state index >= 15 is 0 Å². The maximum absolute atomic E-state index is 9.32. The zero-order valence-electron chi connectivity index (χ0n) is 4.13. The van der Waals surface area contributed by atoms with E-state index in [1.807, 2.05) is 0 Å². The van der Waals surface area contributed by atoms with E-state index in [0.717, 1.165) is 0 Å². The van der Waals surface area contributed by atoms with Crippen molar-refractivity contribution in [1.82, 2.24) is 0 Å². The fourth-order valence-electron chi connectivity index (χ4n) is 0.122. The van der Waals surface area contributed by atoms with Gasteiger partial charge in [-0.25, -0.2) is 0 Å². The monoisotopic (exact) mass is 271 g/mol. The first-order chi connectivity index (χ1) is 3.71. The molecule has 0 spiro atoms. The molecule has 0 aromatic heterocycles. The first-order valence-corrected chi connectivity index (χ1v) is 4.38. The van der Waals surface area contributed by atoms with Crippen LogP contribution in [0.15, 0.2) is 0 Å². The molecule has 0 saturated carbocycles. The van der Waals surface area contributed by atoms with Gasteiger partial charge in [0.25, 0.3) is 0 Å². The molecule has 1 radical (unpaired) electrons. The maximum atomic E-state index is 9.32. The molecule has 59 valence electrons. The summed E-state index contributed by atoms with van der Waals surface area (Å²) in [7, 11) is -11.4. The van der Waals surface area contributed by atoms with E-state index in [0.29, 0.717) is 0 Å². The fraction of sp³-hybridized carbons (Fsp3) is 0. The molecule has 0 fully saturated rings. The van der Waals surface area contributed by atoms with Gasteiger partial charge in [-0.1, -0.05) is 0 Å². The second kappa shape index (κ2) is 4.07. The van der Waals surface area contributed by atoms with Gasteiger partial charge in [0, 0.05) is 0 Å². The average molecular weight is 272 g/mol. The van der Waals surface area contributed by atoms with Crippen molar-refractivity contribution in [3.63, 3.8) is 0 Å². The van der Waals surface area contributed by atoms with Gasteiger partial charge in [0.15, 0.2) is 0 Å². The molecule has 0 saturated heterocycles. The van der Waals surface area contributed by atoms with Crippen LogP contribution in [-0.2, 0) is 33.5 Å². The second-order valence-corrected chi connectivity index (χ2v) is 3.42. The topological polar surface area (TPSA) is 136 Å². The molecule has 10 heteroatoms. The number of phosphoric acid groups is 2. The first-order valence-electron chi connectivity index (χ1n) is 1.46. The summed E-state index contributed by atoms with van der Waals surface area (Å²) in [6.45, 7) is 0. The van der Waals surface area contributed by atoms with E-state index in [2.05, 4.69) is 4.31 Å². The fourth-order valence-corrected chi connectivity index (χ4v) is 1.10. The normalized spacial score (nSPS) is 12.4. The van der Waals surface area contributed by atoms with E-state index in [4.69, 9.17) is 0 Å². The molecule has 0 heterocycles. The quantitative estimate of drug-likeness (QED) is 0.479. The van der Waals surface area contributed by atoms with Crippen LogP contribution < -0.4 is 19.6 Å². The van der Waals surface area contributed by atoms with Crippen LogP contribution in [0.25, 0.3) is 0 Å². The standard InChI is InChI=1S/H4O7P2.Tc/c1-8(2,3)7-9(4,5)6;/h(H2,1,2,3)(H2,4,5,6);/q;+4/p-4. The molecule has 0 atom stereocenters. The molecule has 7 nitrogen and oxygen atoms in total. The molecule has 0 aliphatic carbocycles. The third-order valence-corrected chi connectivity index (χ3v) is 1.80. The van der Waals surface area contributed by atoms with Crippen molar-refractivity contribution in [3.05, 3.63) is 0 Å². The second-order valence-electron chi connectivity index (χ2n) is 0.976. The molecule has 0 unspecified atom stereocenters. The Kier molecular flexibility index (Phi) is 5.49. The van der Waals surface area contributed by atoms with Crippen LogP contribution in [-0.4, -0.2) is 0 Å². The Hall–Kier alpha value is 0.909. The third-order valence-electron chi connectivity index (χ3n) is 0.200. The van der Waals surface area contributed by atoms with Crippen LogP contribution in [0, 0.1) is 0 Å². The molecule has 0 aromatic carbocycles. The summed E-state index contributed by atoms with van der Waals surface area (Å²) >= 11 is 0. The zero-order chi connectivity index (χ0) is 7.71. The SMILES string of the molecule is O=P([O-])([O-])OP(=O)([O-])[O-].[Tc+4]. The number of hydrogen-bond acceptors (Lipinski definition) is 7. The number of rotatable bonds is 2. The van der Waals surface area contributed by atoms with Crippen molar-refractivity contribution >= 4 is 15.6 Å². The summed E-state index contributed by atoms with van der Waals surface area (Å²) in [4.78, 5) is 37.3. The molecule has 0 aliphatic heterocycles. The Balaban J connectivity index is 0. The maximum Gasteiger partial charge on any atom is 4.00 e. The van der Waals surface area contributed by atoms with Crippen molar-refractivity contribution in [2.75, 3.05) is 0 Å². The van der Waals surface area contributed by atoms with Crippen molar-refractivity contribution in [2.24, 2.45) is 0 Å². The summed E-state index contributed by atoms with van der Waals surface area (Å²) in [6.07, 6.45) is 0. The molecule has 0 amide bonds. The van der Waals surface area contributed by atoms with Crippen LogP contribution in [0.3, 0.4) is 0 Å². The third kappa shape index (κ3) is 11.7. The van der Waals surface area contributed by atoms with E-state index in [-0.39, 0.29) is 20.1 Å². The van der Waals surface area contributed by atoms with Crippen LogP contribution in [0.4, 0.5) is 0 Å². The van der Waals surface area contributed by atoms with Gasteiger partial charge < -0.3 is 33.0 Å². The predicted molar refractivity (Wildman–Crippen MR) is 16.3 cm³/mol. The molecule has 0 aromatic rings. The Morgan fingerprint density at radius 2 is 1.10 bits per heavy atom. The van der Waals surface area contributed by atoms with E-state index in [1.165, 1.54) is 0 Å². The smallest absolute Gasteiger partial charge is 0.790 e. The van der Waals surface area contributed by atoms with E-state index < -0.39 is 15.6 Å². The van der Waals surface area contributed by atoms with Gasteiger partial charge in [-0.3, -0.25) is 0 Å². The van der Waals surface area contributed by atoms with E-state index in [1.54, 1.807) is 0 Å². The molecule has 10 heavy (non-hydrogen) atoms. The molecular weight excluding hydrogens is 272 g/mol. The van der Waals surface area contributed by atoms with Crippen LogP contribution >= 0.6 is 15.6 Å². The summed E-state index contributed by atoms with van der Waals surface area (Å²) < 4.78 is 21.2. The van der Waals surface area contributed by atoms with Crippen LogP contribution in [0.1, 0.15) is 0 Å². The Bertz CT molecular complexity index is 152. The predicted octanol–water partition coefficient (Wildman–Crippen LogP) is -3.34. The van der Waals surface area contributed by atoms with Gasteiger partial charge >= 0.3 is 20.1 Å². The largest absolute Gasteiger partial charge is 4.00 e. The summed E-state index contributed by atoms with van der Waals surface area (Å²) in [5.41, 5.74) is 0. The van der Waals surface area contributed by atoms with Gasteiger partial charge in [0.2, 0.25) is 0 Å². The Morgan fingerprint density at radius 1 is 0.900 bits per heavy atom. The Labute approximate surface area is 69.2 Å². The first kappa shape index (κ1) is 13.5. The molecule has 0 aliphatic rings. The summed E-state index contributed by atoms with van der Waals surface area (Å²) in [6, 6.07) is 0. The summed E-state index contributed by atoms with van der Waals surface area (Å²) in [5, 5.41) is 0. The minimum absolute atomic E-state index is 0. The molecular formula is O7P2Tc. The minimum Gasteiger partial charge on any atom is -0.790 e. The minimum atomic E-state index is -5.68. The van der Waals surface area contributed by atoms with Crippen LogP contribution in [0.5, 0.6) is 0 Å².